The van der Waals surface area contributed by atoms with E-state index in [9.17, 15) is 14.4 Å². The second kappa shape index (κ2) is 25.5. The maximum absolute atomic E-state index is 13.0. The molecule has 42 heavy (non-hydrogen) atoms. The van der Waals surface area contributed by atoms with Crippen LogP contribution in [0.25, 0.3) is 0 Å². The first-order valence-electron chi connectivity index (χ1n) is 17.2. The highest BCUT2D eigenvalue weighted by Crippen LogP contribution is 2.24. The quantitative estimate of drug-likeness (QED) is 0.103. The molecule has 4 N–H and O–H groups in total. The normalized spacial score (nSPS) is 16.9. The van der Waals surface area contributed by atoms with E-state index in [-0.39, 0.29) is 30.5 Å². The molecule has 9 heteroatoms. The van der Waals surface area contributed by atoms with Crippen LogP contribution in [0.15, 0.2) is 0 Å². The number of likely N-dealkylation sites (tertiary alicyclic amines) is 1. The van der Waals surface area contributed by atoms with Crippen LogP contribution >= 0.6 is 0 Å². The third kappa shape index (κ3) is 20.0. The molecule has 1 rings (SSSR count). The van der Waals surface area contributed by atoms with E-state index >= 15 is 0 Å². The molecule has 0 aliphatic carbocycles. The predicted molar refractivity (Wildman–Crippen MR) is 172 cm³/mol. The number of ether oxygens (including phenoxy) is 1. The van der Waals surface area contributed by atoms with Gasteiger partial charge in [0.05, 0.1) is 12.5 Å². The van der Waals surface area contributed by atoms with E-state index < -0.39 is 6.09 Å². The molecule has 9 nitrogen and oxygen atoms in total. The van der Waals surface area contributed by atoms with Crippen molar-refractivity contribution < 1.29 is 19.1 Å². The number of piperidine rings is 1. The third-order valence-corrected chi connectivity index (χ3v) is 8.41. The number of alkyl carbamates (subject to hydrolysis) is 1. The molecule has 1 fully saturated rings. The van der Waals surface area contributed by atoms with Gasteiger partial charge in [0.1, 0.15) is 0 Å². The Morgan fingerprint density at radius 2 is 1.29 bits per heavy atom. The second-order valence-electron chi connectivity index (χ2n) is 12.5. The number of nitrogens with two attached hydrogens (primary N) is 1. The van der Waals surface area contributed by atoms with Gasteiger partial charge >= 0.3 is 12.1 Å². The molecule has 4 amide bonds. The number of carbonyl (C=O) groups excluding carboxylic acids is 3. The van der Waals surface area contributed by atoms with Crippen molar-refractivity contribution >= 4 is 18.0 Å². The zero-order chi connectivity index (χ0) is 30.8. The zero-order valence-electron chi connectivity index (χ0n) is 27.4. The van der Waals surface area contributed by atoms with E-state index in [0.717, 1.165) is 25.8 Å². The maximum Gasteiger partial charge on any atom is 0.407 e. The summed E-state index contributed by atoms with van der Waals surface area (Å²) in [6.07, 6.45) is 23.4. The largest absolute Gasteiger partial charge is 0.449 e. The average molecular weight is 596 g/mol. The lowest BCUT2D eigenvalue weighted by molar-refractivity contribution is -0.123. The van der Waals surface area contributed by atoms with Crippen molar-refractivity contribution in [2.24, 2.45) is 11.7 Å². The molecule has 1 aliphatic heterocycles. The van der Waals surface area contributed by atoms with Crippen LogP contribution in [0.5, 0.6) is 0 Å². The van der Waals surface area contributed by atoms with Crippen LogP contribution in [0.1, 0.15) is 135 Å². The Labute approximate surface area is 257 Å². The zero-order valence-corrected chi connectivity index (χ0v) is 27.4. The van der Waals surface area contributed by atoms with Gasteiger partial charge in [-0.3, -0.25) is 4.79 Å². The average Bonchev–Trinajstić information content (AvgIpc) is 2.96. The van der Waals surface area contributed by atoms with Crippen LogP contribution in [0.4, 0.5) is 9.59 Å². The Morgan fingerprint density at radius 1 is 0.762 bits per heavy atom. The summed E-state index contributed by atoms with van der Waals surface area (Å²) >= 11 is 0. The highest BCUT2D eigenvalue weighted by molar-refractivity contribution is 5.79. The molecule has 0 spiro atoms. The molecule has 0 aromatic heterocycles. The molecule has 1 aliphatic rings. The summed E-state index contributed by atoms with van der Waals surface area (Å²) in [6, 6.07) is -0.229. The van der Waals surface area contributed by atoms with E-state index in [2.05, 4.69) is 22.5 Å². The molecular formula is C33H65N5O4. The van der Waals surface area contributed by atoms with Gasteiger partial charge in [0.15, 0.2) is 0 Å². The summed E-state index contributed by atoms with van der Waals surface area (Å²) in [5.74, 6) is -0.694. The summed E-state index contributed by atoms with van der Waals surface area (Å²) in [4.78, 5) is 40.6. The van der Waals surface area contributed by atoms with E-state index in [4.69, 9.17) is 10.5 Å². The number of amides is 4. The molecule has 2 atom stereocenters. The van der Waals surface area contributed by atoms with Crippen molar-refractivity contribution in [1.82, 2.24) is 20.4 Å². The van der Waals surface area contributed by atoms with E-state index in [1.165, 1.54) is 89.9 Å². The lowest BCUT2D eigenvalue weighted by Crippen LogP contribution is -2.53. The van der Waals surface area contributed by atoms with Crippen molar-refractivity contribution in [3.05, 3.63) is 0 Å². The lowest BCUT2D eigenvalue weighted by Gasteiger charge is -2.38. The Balaban J connectivity index is 2.15. The van der Waals surface area contributed by atoms with E-state index in [0.29, 0.717) is 38.9 Å². The second-order valence-corrected chi connectivity index (χ2v) is 12.5. The topological polar surface area (TPSA) is 117 Å². The Kier molecular flexibility index (Phi) is 23.0. The van der Waals surface area contributed by atoms with Gasteiger partial charge in [0, 0.05) is 32.1 Å². The van der Waals surface area contributed by atoms with Crippen LogP contribution in [0, 0.1) is 5.92 Å². The maximum atomic E-state index is 13.0. The smallest absolute Gasteiger partial charge is 0.407 e. The van der Waals surface area contributed by atoms with Gasteiger partial charge in [-0.05, 0) is 46.3 Å². The number of nitrogens with zero attached hydrogens (tertiary/aromatic N) is 2. The minimum absolute atomic E-state index is 0.0760. The molecule has 246 valence electrons. The third-order valence-electron chi connectivity index (χ3n) is 8.41. The van der Waals surface area contributed by atoms with Gasteiger partial charge in [-0.15, -0.1) is 0 Å². The van der Waals surface area contributed by atoms with E-state index in [1.54, 1.807) is 4.90 Å². The van der Waals surface area contributed by atoms with Crippen molar-refractivity contribution in [1.29, 1.82) is 0 Å². The first-order chi connectivity index (χ1) is 20.3. The van der Waals surface area contributed by atoms with Gasteiger partial charge in [0.2, 0.25) is 5.91 Å². The van der Waals surface area contributed by atoms with Crippen molar-refractivity contribution in [2.45, 2.75) is 141 Å². The fourth-order valence-electron chi connectivity index (χ4n) is 5.70. The van der Waals surface area contributed by atoms with Crippen molar-refractivity contribution in [3.63, 3.8) is 0 Å². The fourth-order valence-corrected chi connectivity index (χ4v) is 5.70. The number of carbonyl (C=O) groups is 3. The van der Waals surface area contributed by atoms with Gasteiger partial charge in [-0.2, -0.15) is 0 Å². The Bertz CT molecular complexity index is 706. The van der Waals surface area contributed by atoms with Crippen LogP contribution in [-0.4, -0.2) is 80.8 Å². The molecule has 0 aromatic rings. The van der Waals surface area contributed by atoms with Crippen LogP contribution in [0.3, 0.4) is 0 Å². The molecule has 1 saturated heterocycles. The van der Waals surface area contributed by atoms with Crippen molar-refractivity contribution in [3.8, 4) is 0 Å². The number of hydrogen-bond donors (Lipinski definition) is 3. The van der Waals surface area contributed by atoms with Gasteiger partial charge in [-0.1, -0.05) is 103 Å². The fraction of sp³-hybridized carbons (Fsp3) is 0.909. The number of hydrogen-bond acceptors (Lipinski definition) is 5. The van der Waals surface area contributed by atoms with Crippen molar-refractivity contribution in [2.75, 3.05) is 46.9 Å². The molecule has 0 bridgehead atoms. The van der Waals surface area contributed by atoms with Crippen LogP contribution < -0.4 is 16.4 Å². The summed E-state index contributed by atoms with van der Waals surface area (Å²) in [5.41, 5.74) is 5.56. The number of primary amides is 1. The predicted octanol–water partition coefficient (Wildman–Crippen LogP) is 6.59. The van der Waals surface area contributed by atoms with Crippen LogP contribution in [0.2, 0.25) is 0 Å². The van der Waals surface area contributed by atoms with Gasteiger partial charge in [0.25, 0.3) is 0 Å². The van der Waals surface area contributed by atoms with Crippen LogP contribution in [-0.2, 0) is 9.53 Å². The van der Waals surface area contributed by atoms with Gasteiger partial charge in [-0.25, -0.2) is 9.59 Å². The summed E-state index contributed by atoms with van der Waals surface area (Å²) in [5, 5.41) is 5.81. The minimum atomic E-state index is -0.431. The number of rotatable bonds is 25. The first kappa shape index (κ1) is 38.0. The number of unbranched alkanes of at least 4 members (excludes halogenated alkanes) is 15. The Morgan fingerprint density at radius 3 is 1.81 bits per heavy atom. The molecule has 2 unspecified atom stereocenters. The first-order valence-corrected chi connectivity index (χ1v) is 17.2. The lowest BCUT2D eigenvalue weighted by atomic mass is 9.91. The minimum Gasteiger partial charge on any atom is -0.449 e. The Hall–Kier alpha value is -2.03. The van der Waals surface area contributed by atoms with Gasteiger partial charge < -0.3 is 30.9 Å². The number of urea groups is 1. The molecular weight excluding hydrogens is 530 g/mol. The SMILES string of the molecule is CCCCCCCCCCCCCCCCCCNC(=O)N1CC(C(N)=O)CCC1CCOC(=O)NCCCN(C)C. The summed E-state index contributed by atoms with van der Waals surface area (Å²) in [6.45, 7) is 4.92. The number of nitrogens with one attached hydrogen (secondary N) is 2. The molecule has 0 radical (unpaired) electrons. The summed E-state index contributed by atoms with van der Waals surface area (Å²) in [7, 11) is 3.99. The molecule has 1 heterocycles. The monoisotopic (exact) mass is 596 g/mol. The standard InChI is InChI=1S/C33H65N5O4/c1-4-5-6-7-8-9-10-11-12-13-14-15-16-17-18-19-24-35-32(40)38-28-29(31(34)39)21-22-30(38)23-27-42-33(41)36-25-20-26-37(2)3/h29-30H,4-28H2,1-3H3,(H2,34,39)(H,35,40)(H,36,41). The molecule has 0 aromatic carbocycles. The highest BCUT2D eigenvalue weighted by Gasteiger charge is 2.33. The van der Waals surface area contributed by atoms with E-state index in [1.807, 2.05) is 14.1 Å². The summed E-state index contributed by atoms with van der Waals surface area (Å²) < 4.78 is 5.34. The highest BCUT2D eigenvalue weighted by atomic mass is 16.5. The molecule has 0 saturated carbocycles.